The summed E-state index contributed by atoms with van der Waals surface area (Å²) in [5.74, 6) is 0.693. The van der Waals surface area contributed by atoms with Crippen LogP contribution in [0.5, 0.6) is 5.75 Å². The van der Waals surface area contributed by atoms with Crippen LogP contribution in [0.4, 0.5) is 0 Å². The van der Waals surface area contributed by atoms with Gasteiger partial charge < -0.3 is 9.47 Å². The summed E-state index contributed by atoms with van der Waals surface area (Å²) in [6.45, 7) is 3.65. The second-order valence-electron chi connectivity index (χ2n) is 8.75. The lowest BCUT2D eigenvalue weighted by Gasteiger charge is -2.31. The van der Waals surface area contributed by atoms with Gasteiger partial charge in [-0.15, -0.1) is 0 Å². The fraction of sp³-hybridized carbons (Fsp3) is 0.462. The molecular formula is C26H30O4. The van der Waals surface area contributed by atoms with Gasteiger partial charge >= 0.3 is 0 Å². The number of ether oxygens (including phenoxy) is 2. The molecule has 2 aliphatic rings. The van der Waals surface area contributed by atoms with Gasteiger partial charge in [0.1, 0.15) is 23.2 Å². The van der Waals surface area contributed by atoms with E-state index in [2.05, 4.69) is 31.2 Å². The molecule has 2 aromatic carbocycles. The van der Waals surface area contributed by atoms with Gasteiger partial charge in [-0.25, -0.2) is 0 Å². The third-order valence-corrected chi connectivity index (χ3v) is 6.56. The van der Waals surface area contributed by atoms with Gasteiger partial charge in [0, 0.05) is 31.6 Å². The number of aryl methyl sites for hydroxylation is 1. The summed E-state index contributed by atoms with van der Waals surface area (Å²) in [6.07, 6.45) is 3.98. The van der Waals surface area contributed by atoms with E-state index in [1.165, 1.54) is 5.56 Å². The van der Waals surface area contributed by atoms with Crippen molar-refractivity contribution < 1.29 is 19.1 Å². The number of methoxy groups -OCH3 is 1. The Balaban J connectivity index is 1.56. The van der Waals surface area contributed by atoms with Crippen molar-refractivity contribution in [3.63, 3.8) is 0 Å². The highest BCUT2D eigenvalue weighted by Gasteiger charge is 2.38. The zero-order valence-electron chi connectivity index (χ0n) is 17.9. The predicted octanol–water partition coefficient (Wildman–Crippen LogP) is 5.12. The minimum absolute atomic E-state index is 0.0302. The Morgan fingerprint density at radius 3 is 2.17 bits per heavy atom. The third-order valence-electron chi connectivity index (χ3n) is 6.56. The summed E-state index contributed by atoms with van der Waals surface area (Å²) in [5, 5.41) is 0. The maximum absolute atomic E-state index is 13.1. The van der Waals surface area contributed by atoms with Crippen molar-refractivity contribution in [2.45, 2.75) is 44.9 Å². The van der Waals surface area contributed by atoms with E-state index in [4.69, 9.17) is 9.47 Å². The van der Waals surface area contributed by atoms with Gasteiger partial charge in [0.05, 0.1) is 7.11 Å². The molecule has 0 unspecified atom stereocenters. The van der Waals surface area contributed by atoms with Gasteiger partial charge in [-0.3, -0.25) is 9.59 Å². The topological polar surface area (TPSA) is 52.6 Å². The van der Waals surface area contributed by atoms with Crippen LogP contribution in [0.25, 0.3) is 11.1 Å². The van der Waals surface area contributed by atoms with Gasteiger partial charge in [-0.2, -0.15) is 0 Å². The number of Topliss-reactive ketones (excluding diaryl/α,β-unsaturated/α-hetero) is 2. The Hall–Kier alpha value is -2.46. The molecule has 0 aromatic heterocycles. The van der Waals surface area contributed by atoms with Crippen molar-refractivity contribution in [2.24, 2.45) is 11.8 Å². The molecule has 1 saturated carbocycles. The second-order valence-corrected chi connectivity index (χ2v) is 8.75. The van der Waals surface area contributed by atoms with Gasteiger partial charge in [0.25, 0.3) is 0 Å². The lowest BCUT2D eigenvalue weighted by atomic mass is 9.73. The van der Waals surface area contributed by atoms with E-state index >= 15 is 0 Å². The zero-order chi connectivity index (χ0) is 21.1. The highest BCUT2D eigenvalue weighted by molar-refractivity contribution is 6.10. The summed E-state index contributed by atoms with van der Waals surface area (Å²) in [4.78, 5) is 26.2. The van der Waals surface area contributed by atoms with Gasteiger partial charge in [0.15, 0.2) is 0 Å². The molecule has 0 atom stereocenters. The second kappa shape index (κ2) is 9.13. The van der Waals surface area contributed by atoms with Crippen LogP contribution in [0.3, 0.4) is 0 Å². The highest BCUT2D eigenvalue weighted by Crippen LogP contribution is 2.40. The molecule has 0 radical (unpaired) electrons. The van der Waals surface area contributed by atoms with Crippen molar-refractivity contribution in [1.29, 1.82) is 0 Å². The predicted molar refractivity (Wildman–Crippen MR) is 117 cm³/mol. The number of carbonyl (C=O) groups excluding carboxylic acids is 2. The summed E-state index contributed by atoms with van der Waals surface area (Å²) in [5.41, 5.74) is 3.96. The Morgan fingerprint density at radius 2 is 1.53 bits per heavy atom. The number of ketones is 2. The molecule has 0 amide bonds. The fourth-order valence-electron chi connectivity index (χ4n) is 4.91. The minimum Gasteiger partial charge on any atom is -0.496 e. The van der Waals surface area contributed by atoms with Crippen LogP contribution in [0.1, 0.15) is 49.1 Å². The van der Waals surface area contributed by atoms with E-state index in [1.54, 1.807) is 7.11 Å². The zero-order valence-corrected chi connectivity index (χ0v) is 17.9. The van der Waals surface area contributed by atoms with Crippen molar-refractivity contribution in [2.75, 3.05) is 20.3 Å². The monoisotopic (exact) mass is 406 g/mol. The summed E-state index contributed by atoms with van der Waals surface area (Å²) in [6, 6.07) is 14.1. The molecule has 1 aliphatic carbocycles. The van der Waals surface area contributed by atoms with Crippen molar-refractivity contribution in [3.05, 3.63) is 53.6 Å². The van der Waals surface area contributed by atoms with Crippen LogP contribution in [0.2, 0.25) is 0 Å². The van der Waals surface area contributed by atoms with Crippen molar-refractivity contribution in [3.8, 4) is 16.9 Å². The van der Waals surface area contributed by atoms with Gasteiger partial charge in [-0.05, 0) is 61.3 Å². The molecule has 0 N–H and O–H groups in total. The first-order valence-electron chi connectivity index (χ1n) is 10.9. The van der Waals surface area contributed by atoms with Crippen LogP contribution in [-0.4, -0.2) is 31.9 Å². The lowest BCUT2D eigenvalue weighted by molar-refractivity contribution is -0.134. The first kappa shape index (κ1) is 20.8. The van der Waals surface area contributed by atoms with Crippen LogP contribution in [0, 0.1) is 18.8 Å². The molecule has 2 aromatic rings. The summed E-state index contributed by atoms with van der Waals surface area (Å²) in [7, 11) is 1.59. The smallest absolute Gasteiger partial charge is 0.148 e. The number of rotatable bonds is 5. The molecule has 1 aliphatic heterocycles. The number of hydrogen-bond acceptors (Lipinski definition) is 4. The normalized spacial score (nSPS) is 22.9. The van der Waals surface area contributed by atoms with Gasteiger partial charge in [0.2, 0.25) is 0 Å². The maximum Gasteiger partial charge on any atom is 0.148 e. The molecule has 2 fully saturated rings. The van der Waals surface area contributed by atoms with E-state index in [0.717, 1.165) is 43.6 Å². The molecule has 4 nitrogen and oxygen atoms in total. The fourth-order valence-corrected chi connectivity index (χ4v) is 4.91. The van der Waals surface area contributed by atoms with E-state index < -0.39 is 5.92 Å². The Labute approximate surface area is 178 Å². The molecule has 4 rings (SSSR count). The van der Waals surface area contributed by atoms with E-state index in [1.807, 2.05) is 18.2 Å². The average Bonchev–Trinajstić information content (AvgIpc) is 2.74. The van der Waals surface area contributed by atoms with Crippen LogP contribution in [-0.2, 0) is 14.3 Å². The Morgan fingerprint density at radius 1 is 0.900 bits per heavy atom. The van der Waals surface area contributed by atoms with Crippen LogP contribution < -0.4 is 4.74 Å². The van der Waals surface area contributed by atoms with E-state index in [9.17, 15) is 9.59 Å². The number of carbonyl (C=O) groups is 2. The average molecular weight is 407 g/mol. The molecule has 1 heterocycles. The molecule has 0 spiro atoms. The SMILES string of the molecule is COc1ccc(-c2ccc(C)cc2)cc1C1C(=O)CC(CC2CCOCC2)CC1=O. The van der Waals surface area contributed by atoms with Crippen LogP contribution in [0.15, 0.2) is 42.5 Å². The standard InChI is InChI=1S/C26H30O4/c1-17-3-5-20(6-4-17)21-7-8-25(29-2)22(16-21)26-23(27)14-19(15-24(26)28)13-18-9-11-30-12-10-18/h3-8,16,18-19,26H,9-15H2,1-2H3. The molecule has 0 bridgehead atoms. The summed E-state index contributed by atoms with van der Waals surface area (Å²) >= 11 is 0. The Bertz CT molecular complexity index is 891. The molecule has 4 heteroatoms. The van der Waals surface area contributed by atoms with E-state index in [0.29, 0.717) is 30.1 Å². The van der Waals surface area contributed by atoms with Crippen molar-refractivity contribution >= 4 is 11.6 Å². The van der Waals surface area contributed by atoms with Gasteiger partial charge in [-0.1, -0.05) is 35.9 Å². The molecule has 1 saturated heterocycles. The molecule has 30 heavy (non-hydrogen) atoms. The largest absolute Gasteiger partial charge is 0.496 e. The number of hydrogen-bond donors (Lipinski definition) is 0. The third kappa shape index (κ3) is 4.49. The van der Waals surface area contributed by atoms with Crippen molar-refractivity contribution in [1.82, 2.24) is 0 Å². The van der Waals surface area contributed by atoms with E-state index in [-0.39, 0.29) is 17.5 Å². The number of benzene rings is 2. The molecular weight excluding hydrogens is 376 g/mol. The quantitative estimate of drug-likeness (QED) is 0.647. The Kier molecular flexibility index (Phi) is 6.33. The molecule has 158 valence electrons. The summed E-state index contributed by atoms with van der Waals surface area (Å²) < 4.78 is 11.0. The first-order chi connectivity index (χ1) is 14.5. The van der Waals surface area contributed by atoms with Crippen LogP contribution >= 0.6 is 0 Å². The minimum atomic E-state index is -0.712. The highest BCUT2D eigenvalue weighted by atomic mass is 16.5. The first-order valence-corrected chi connectivity index (χ1v) is 10.9. The maximum atomic E-state index is 13.1. The lowest BCUT2D eigenvalue weighted by Crippen LogP contribution is -2.33.